The van der Waals surface area contributed by atoms with Crippen LogP contribution in [0.25, 0.3) is 0 Å². The molecule has 3 aliphatic carbocycles. The first-order chi connectivity index (χ1) is 12.7. The molecule has 0 aromatic rings. The third-order valence-electron chi connectivity index (χ3n) is 10.0. The van der Waals surface area contributed by atoms with E-state index in [-0.39, 0.29) is 11.3 Å². The van der Waals surface area contributed by atoms with Gasteiger partial charge in [-0.2, -0.15) is 0 Å². The highest BCUT2D eigenvalue weighted by Crippen LogP contribution is 2.67. The maximum absolute atomic E-state index is 12.3. The number of amides is 1. The number of hydrogen-bond donors (Lipinski definition) is 0. The van der Waals surface area contributed by atoms with Gasteiger partial charge in [0.25, 0.3) is 0 Å². The summed E-state index contributed by atoms with van der Waals surface area (Å²) in [5.74, 6) is 5.23. The number of hydrogen-bond acceptors (Lipinski definition) is 1. The molecule has 3 fully saturated rings. The van der Waals surface area contributed by atoms with Gasteiger partial charge in [0.05, 0.1) is 0 Å². The van der Waals surface area contributed by atoms with Gasteiger partial charge in [-0.25, -0.2) is 0 Å². The average Bonchev–Trinajstić information content (AvgIpc) is 2.98. The Morgan fingerprint density at radius 3 is 2.67 bits per heavy atom. The third-order valence-corrected chi connectivity index (χ3v) is 10.0. The second kappa shape index (κ2) is 6.63. The van der Waals surface area contributed by atoms with E-state index in [0.717, 1.165) is 35.5 Å². The normalized spacial score (nSPS) is 50.1. The van der Waals surface area contributed by atoms with Crippen molar-refractivity contribution in [1.29, 1.82) is 0 Å². The maximum Gasteiger partial charge on any atom is 0.246 e. The van der Waals surface area contributed by atoms with Crippen molar-refractivity contribution in [2.45, 2.75) is 85.6 Å². The fourth-order valence-corrected chi connectivity index (χ4v) is 8.69. The first-order valence-electron chi connectivity index (χ1n) is 11.7. The molecule has 0 aromatic heterocycles. The molecule has 0 radical (unpaired) electrons. The number of likely N-dealkylation sites (N-methyl/N-ethyl adjacent to an activating group) is 1. The first kappa shape index (κ1) is 19.5. The molecule has 0 saturated heterocycles. The lowest BCUT2D eigenvalue weighted by Crippen LogP contribution is -2.61. The van der Waals surface area contributed by atoms with Crippen molar-refractivity contribution in [3.8, 4) is 0 Å². The Labute approximate surface area is 167 Å². The molecule has 1 unspecified atom stereocenters. The second-order valence-electron chi connectivity index (χ2n) is 11.2. The van der Waals surface area contributed by atoms with Crippen LogP contribution in [0.15, 0.2) is 12.2 Å². The SMILES string of the molecule is CCCC(C)[C@H]1CC[C@H]2[C@@H]3[C@@H](C)C[C@H]4N(C)C(=O)C=C[C@]4(C)[C@H]3CC[C@]12C. The average molecular weight is 372 g/mol. The lowest BCUT2D eigenvalue weighted by Gasteiger charge is -2.62. The molecular formula is C25H41NO. The Kier molecular flexibility index (Phi) is 4.79. The van der Waals surface area contributed by atoms with Crippen molar-refractivity contribution in [3.05, 3.63) is 12.2 Å². The molecule has 1 heterocycles. The number of nitrogens with zero attached hydrogens (tertiary/aromatic N) is 1. The largest absolute Gasteiger partial charge is 0.338 e. The lowest BCUT2D eigenvalue weighted by atomic mass is 9.45. The summed E-state index contributed by atoms with van der Waals surface area (Å²) in [6.07, 6.45) is 13.8. The number of carbonyl (C=O) groups excluding carboxylic acids is 1. The van der Waals surface area contributed by atoms with Gasteiger partial charge in [-0.05, 0) is 79.1 Å². The summed E-state index contributed by atoms with van der Waals surface area (Å²) in [5.41, 5.74) is 0.724. The Morgan fingerprint density at radius 2 is 1.96 bits per heavy atom. The monoisotopic (exact) mass is 371 g/mol. The van der Waals surface area contributed by atoms with Crippen molar-refractivity contribution >= 4 is 5.91 Å². The van der Waals surface area contributed by atoms with Gasteiger partial charge in [-0.3, -0.25) is 4.79 Å². The standard InChI is InChI=1S/C25H41NO/c1-7-8-16(2)18-9-10-19-23-17(3)15-21-25(5,14-12-22(27)26(21)6)20(23)11-13-24(18,19)4/h12,14,16-21,23H,7-11,13,15H2,1-6H3/t16?,17-,18+,19-,20-,21+,23-,24+,25+/m0/s1. The van der Waals surface area contributed by atoms with Crippen LogP contribution in [0.5, 0.6) is 0 Å². The summed E-state index contributed by atoms with van der Waals surface area (Å²) >= 11 is 0. The van der Waals surface area contributed by atoms with E-state index in [0.29, 0.717) is 11.5 Å². The molecule has 3 saturated carbocycles. The summed E-state index contributed by atoms with van der Waals surface area (Å²) < 4.78 is 0. The molecule has 27 heavy (non-hydrogen) atoms. The van der Waals surface area contributed by atoms with Crippen LogP contribution in [0.2, 0.25) is 0 Å². The van der Waals surface area contributed by atoms with E-state index in [9.17, 15) is 4.79 Å². The molecule has 4 aliphatic rings. The van der Waals surface area contributed by atoms with E-state index in [2.05, 4.69) is 45.6 Å². The Morgan fingerprint density at radius 1 is 1.22 bits per heavy atom. The Hall–Kier alpha value is -0.790. The molecule has 0 aromatic carbocycles. The van der Waals surface area contributed by atoms with Crippen LogP contribution in [0.1, 0.15) is 79.6 Å². The number of carbonyl (C=O) groups is 1. The zero-order valence-electron chi connectivity index (χ0n) is 18.5. The Bertz CT molecular complexity index is 626. The Balaban J connectivity index is 1.66. The van der Waals surface area contributed by atoms with Gasteiger partial charge in [0, 0.05) is 18.5 Å². The van der Waals surface area contributed by atoms with Gasteiger partial charge in [0.1, 0.15) is 0 Å². The molecule has 4 rings (SSSR count). The van der Waals surface area contributed by atoms with E-state index < -0.39 is 0 Å². The molecule has 1 aliphatic heterocycles. The predicted molar refractivity (Wildman–Crippen MR) is 112 cm³/mol. The molecule has 0 N–H and O–H groups in total. The zero-order valence-corrected chi connectivity index (χ0v) is 18.5. The van der Waals surface area contributed by atoms with Crippen LogP contribution in [-0.2, 0) is 4.79 Å². The van der Waals surface area contributed by atoms with Crippen LogP contribution in [0.3, 0.4) is 0 Å². The van der Waals surface area contributed by atoms with E-state index in [1.165, 1.54) is 44.9 Å². The van der Waals surface area contributed by atoms with Crippen LogP contribution >= 0.6 is 0 Å². The number of fused-ring (bicyclic) bond motifs is 5. The lowest BCUT2D eigenvalue weighted by molar-refractivity contribution is -0.145. The zero-order chi connectivity index (χ0) is 19.6. The topological polar surface area (TPSA) is 20.3 Å². The van der Waals surface area contributed by atoms with Crippen molar-refractivity contribution in [1.82, 2.24) is 4.90 Å². The molecule has 152 valence electrons. The minimum atomic E-state index is 0.175. The smallest absolute Gasteiger partial charge is 0.246 e. The van der Waals surface area contributed by atoms with Crippen molar-refractivity contribution < 1.29 is 4.79 Å². The highest BCUT2D eigenvalue weighted by atomic mass is 16.2. The van der Waals surface area contributed by atoms with E-state index in [1.54, 1.807) is 0 Å². The fourth-order valence-electron chi connectivity index (χ4n) is 8.69. The van der Waals surface area contributed by atoms with Gasteiger partial charge in [0.2, 0.25) is 5.91 Å². The van der Waals surface area contributed by atoms with Gasteiger partial charge in [-0.15, -0.1) is 0 Å². The molecule has 9 atom stereocenters. The first-order valence-corrected chi connectivity index (χ1v) is 11.7. The van der Waals surface area contributed by atoms with Crippen LogP contribution in [0, 0.1) is 46.3 Å². The molecule has 2 nitrogen and oxygen atoms in total. The van der Waals surface area contributed by atoms with Gasteiger partial charge in [-0.1, -0.05) is 53.5 Å². The van der Waals surface area contributed by atoms with E-state index in [4.69, 9.17) is 0 Å². The second-order valence-corrected chi connectivity index (χ2v) is 11.2. The summed E-state index contributed by atoms with van der Waals surface area (Å²) in [5, 5.41) is 0. The summed E-state index contributed by atoms with van der Waals surface area (Å²) in [6.45, 7) is 12.5. The van der Waals surface area contributed by atoms with Crippen molar-refractivity contribution in [2.24, 2.45) is 46.3 Å². The van der Waals surface area contributed by atoms with E-state index in [1.807, 2.05) is 13.1 Å². The third kappa shape index (κ3) is 2.68. The van der Waals surface area contributed by atoms with Crippen molar-refractivity contribution in [3.63, 3.8) is 0 Å². The molecule has 0 spiro atoms. The summed E-state index contributed by atoms with van der Waals surface area (Å²) in [7, 11) is 2.03. The highest BCUT2D eigenvalue weighted by molar-refractivity contribution is 5.89. The molecule has 1 amide bonds. The van der Waals surface area contributed by atoms with Gasteiger partial charge in [0.15, 0.2) is 0 Å². The summed E-state index contributed by atoms with van der Waals surface area (Å²) in [6, 6.07) is 0.395. The quantitative estimate of drug-likeness (QED) is 0.602. The van der Waals surface area contributed by atoms with Gasteiger partial charge < -0.3 is 4.90 Å². The molecule has 0 bridgehead atoms. The minimum Gasteiger partial charge on any atom is -0.338 e. The van der Waals surface area contributed by atoms with Crippen molar-refractivity contribution in [2.75, 3.05) is 7.05 Å². The predicted octanol–water partition coefficient (Wildman–Crippen LogP) is 5.92. The highest BCUT2D eigenvalue weighted by Gasteiger charge is 2.62. The van der Waals surface area contributed by atoms with Gasteiger partial charge >= 0.3 is 0 Å². The molecule has 2 heteroatoms. The fraction of sp³-hybridized carbons (Fsp3) is 0.880. The maximum atomic E-state index is 12.3. The van der Waals surface area contributed by atoms with Crippen LogP contribution < -0.4 is 0 Å². The minimum absolute atomic E-state index is 0.175. The number of rotatable bonds is 3. The van der Waals surface area contributed by atoms with Crippen LogP contribution in [0.4, 0.5) is 0 Å². The van der Waals surface area contributed by atoms with E-state index >= 15 is 0 Å². The summed E-state index contributed by atoms with van der Waals surface area (Å²) in [4.78, 5) is 14.4. The van der Waals surface area contributed by atoms with Crippen LogP contribution in [-0.4, -0.2) is 23.9 Å². The molecular weight excluding hydrogens is 330 g/mol.